The minimum atomic E-state index is 0.613. The van der Waals surface area contributed by atoms with Crippen molar-refractivity contribution >= 4 is 75.2 Å². The lowest BCUT2D eigenvalue weighted by atomic mass is 10.0. The van der Waals surface area contributed by atoms with E-state index < -0.39 is 0 Å². The second kappa shape index (κ2) is 12.5. The topological polar surface area (TPSA) is 69.6 Å². The van der Waals surface area contributed by atoms with Gasteiger partial charge in [0.15, 0.2) is 23.1 Å². The molecule has 0 aliphatic carbocycles. The van der Waals surface area contributed by atoms with Crippen LogP contribution in [-0.2, 0) is 0 Å². The zero-order valence-electron chi connectivity index (χ0n) is 30.3. The lowest BCUT2D eigenvalue weighted by Crippen LogP contribution is -2.00. The highest BCUT2D eigenvalue weighted by molar-refractivity contribution is 7.26. The van der Waals surface area contributed by atoms with Crippen LogP contribution in [0.25, 0.3) is 115 Å². The van der Waals surface area contributed by atoms with Gasteiger partial charge in [-0.2, -0.15) is 0 Å². The first-order chi connectivity index (χ1) is 28.2. The first-order valence-corrected chi connectivity index (χ1v) is 19.7. The van der Waals surface area contributed by atoms with Crippen LogP contribution in [0, 0.1) is 0 Å². The van der Waals surface area contributed by atoms with Gasteiger partial charge in [0, 0.05) is 58.9 Å². The number of oxazole rings is 1. The molecule has 0 bridgehead atoms. The second-order valence-corrected chi connectivity index (χ2v) is 15.3. The monoisotopic (exact) mass is 747 g/mol. The zero-order chi connectivity index (χ0) is 37.5. The van der Waals surface area contributed by atoms with E-state index in [4.69, 9.17) is 24.4 Å². The van der Waals surface area contributed by atoms with Gasteiger partial charge in [0.25, 0.3) is 0 Å². The largest absolute Gasteiger partial charge is 0.436 e. The van der Waals surface area contributed by atoms with Crippen LogP contribution in [0.2, 0.25) is 0 Å². The maximum atomic E-state index is 6.34. The molecule has 0 unspecified atom stereocenters. The molecule has 12 aromatic rings. The number of rotatable bonds is 5. The minimum absolute atomic E-state index is 0.613. The molecule has 0 atom stereocenters. The fourth-order valence-corrected chi connectivity index (χ4v) is 9.35. The van der Waals surface area contributed by atoms with E-state index in [1.54, 1.807) is 11.3 Å². The third-order valence-corrected chi connectivity index (χ3v) is 12.0. The van der Waals surface area contributed by atoms with Gasteiger partial charge in [-0.1, -0.05) is 103 Å². The molecule has 0 radical (unpaired) electrons. The molecule has 0 saturated heterocycles. The molecule has 57 heavy (non-hydrogen) atoms. The van der Waals surface area contributed by atoms with Crippen LogP contribution < -0.4 is 0 Å². The van der Waals surface area contributed by atoms with Crippen LogP contribution in [0.15, 0.2) is 180 Å². The quantitative estimate of drug-likeness (QED) is 0.175. The van der Waals surface area contributed by atoms with Gasteiger partial charge in [0.05, 0.1) is 11.0 Å². The van der Waals surface area contributed by atoms with E-state index in [9.17, 15) is 0 Å². The summed E-state index contributed by atoms with van der Waals surface area (Å²) in [4.78, 5) is 20.5. The van der Waals surface area contributed by atoms with Crippen molar-refractivity contribution in [2.45, 2.75) is 0 Å². The van der Waals surface area contributed by atoms with Gasteiger partial charge in [0.2, 0.25) is 5.89 Å². The summed E-state index contributed by atoms with van der Waals surface area (Å²) < 4.78 is 11.0. The van der Waals surface area contributed by atoms with Crippen molar-refractivity contribution in [3.63, 3.8) is 0 Å². The van der Waals surface area contributed by atoms with Crippen LogP contribution in [-0.4, -0.2) is 24.5 Å². The molecular formula is C50H29N5OS. The van der Waals surface area contributed by atoms with E-state index in [0.29, 0.717) is 23.4 Å². The summed E-state index contributed by atoms with van der Waals surface area (Å²) in [6.07, 6.45) is 0. The predicted octanol–water partition coefficient (Wildman–Crippen LogP) is 13.3. The third kappa shape index (κ3) is 5.10. The summed E-state index contributed by atoms with van der Waals surface area (Å²) in [6.45, 7) is 0. The molecule has 8 aromatic carbocycles. The molecule has 266 valence electrons. The SMILES string of the molecule is c1ccc(-c2nc(-c3ccc4ccc5sc6ccc7oc(-c8ccccc8)nc7c6c5c4c3)nc(-c3ccc4c(c3)c3ccccc3n4-c3ccccc3)n2)cc1. The lowest BCUT2D eigenvalue weighted by molar-refractivity contribution is 0.620. The van der Waals surface area contributed by atoms with E-state index >= 15 is 0 Å². The number of thiophene rings is 1. The summed E-state index contributed by atoms with van der Waals surface area (Å²) in [6, 6.07) is 60.9. The Labute approximate surface area is 330 Å². The van der Waals surface area contributed by atoms with Crippen molar-refractivity contribution in [1.29, 1.82) is 0 Å². The van der Waals surface area contributed by atoms with Crippen molar-refractivity contribution in [3.05, 3.63) is 176 Å². The van der Waals surface area contributed by atoms with Crippen LogP contribution in [0.3, 0.4) is 0 Å². The molecule has 4 aromatic heterocycles. The van der Waals surface area contributed by atoms with Gasteiger partial charge in [-0.05, 0) is 83.6 Å². The van der Waals surface area contributed by atoms with E-state index in [1.165, 1.54) is 14.8 Å². The minimum Gasteiger partial charge on any atom is -0.436 e. The Morgan fingerprint density at radius 2 is 1.00 bits per heavy atom. The molecule has 4 heterocycles. The average Bonchev–Trinajstić information content (AvgIpc) is 3.99. The summed E-state index contributed by atoms with van der Waals surface area (Å²) in [5, 5.41) is 6.83. The van der Waals surface area contributed by atoms with Crippen LogP contribution in [0.4, 0.5) is 0 Å². The number of nitrogens with zero attached hydrogens (tertiary/aromatic N) is 5. The molecule has 0 aliphatic rings. The van der Waals surface area contributed by atoms with Gasteiger partial charge < -0.3 is 8.98 Å². The number of benzene rings is 8. The Morgan fingerprint density at radius 1 is 0.421 bits per heavy atom. The third-order valence-electron chi connectivity index (χ3n) is 10.9. The van der Waals surface area contributed by atoms with Gasteiger partial charge in [-0.15, -0.1) is 11.3 Å². The maximum Gasteiger partial charge on any atom is 0.227 e. The Balaban J connectivity index is 1.07. The van der Waals surface area contributed by atoms with Crippen LogP contribution in [0.1, 0.15) is 0 Å². The molecule has 0 amide bonds. The van der Waals surface area contributed by atoms with Gasteiger partial charge in [-0.3, -0.25) is 0 Å². The van der Waals surface area contributed by atoms with Crippen molar-refractivity contribution in [3.8, 4) is 51.3 Å². The molecule has 0 saturated carbocycles. The van der Waals surface area contributed by atoms with E-state index in [2.05, 4.69) is 114 Å². The Morgan fingerprint density at radius 3 is 1.77 bits per heavy atom. The van der Waals surface area contributed by atoms with E-state index in [0.717, 1.165) is 77.0 Å². The number of hydrogen-bond acceptors (Lipinski definition) is 6. The number of hydrogen-bond donors (Lipinski definition) is 0. The number of aromatic nitrogens is 5. The highest BCUT2D eigenvalue weighted by Crippen LogP contribution is 2.43. The fraction of sp³-hybridized carbons (Fsp3) is 0. The molecule has 7 heteroatoms. The van der Waals surface area contributed by atoms with Crippen LogP contribution in [0.5, 0.6) is 0 Å². The highest BCUT2D eigenvalue weighted by atomic mass is 32.1. The predicted molar refractivity (Wildman–Crippen MR) is 234 cm³/mol. The highest BCUT2D eigenvalue weighted by Gasteiger charge is 2.20. The second-order valence-electron chi connectivity index (χ2n) is 14.2. The first-order valence-electron chi connectivity index (χ1n) is 18.9. The standard InChI is InChI=1S/C50H29N5OS/c1-4-12-31(13-5-1)47-52-48(54-49(53-47)34-22-24-40-38(29-34)36-18-10-11-19-39(36)55(40)35-16-8-3-9-17-35)33-21-20-30-23-26-42-44(37(30)28-33)45-43(57-42)27-25-41-46(45)51-50(56-41)32-14-6-2-7-15-32/h1-29H. The normalized spacial score (nSPS) is 11.9. The van der Waals surface area contributed by atoms with Gasteiger partial charge in [-0.25, -0.2) is 19.9 Å². The first kappa shape index (κ1) is 31.8. The zero-order valence-corrected chi connectivity index (χ0v) is 31.1. The van der Waals surface area contributed by atoms with Crippen LogP contribution >= 0.6 is 11.3 Å². The Bertz CT molecular complexity index is 3520. The fourth-order valence-electron chi connectivity index (χ4n) is 8.22. The number of fused-ring (bicyclic) bond motifs is 10. The number of para-hydroxylation sites is 2. The molecule has 0 N–H and O–H groups in total. The van der Waals surface area contributed by atoms with E-state index in [-0.39, 0.29) is 0 Å². The molecule has 0 fully saturated rings. The van der Waals surface area contributed by atoms with Crippen molar-refractivity contribution < 1.29 is 4.42 Å². The smallest absolute Gasteiger partial charge is 0.227 e. The maximum absolute atomic E-state index is 6.34. The van der Waals surface area contributed by atoms with Crippen molar-refractivity contribution in [2.24, 2.45) is 0 Å². The Hall–Kier alpha value is -7.48. The molecule has 12 rings (SSSR count). The molecule has 0 spiro atoms. The molecule has 6 nitrogen and oxygen atoms in total. The summed E-state index contributed by atoms with van der Waals surface area (Å²) in [7, 11) is 0. The van der Waals surface area contributed by atoms with Gasteiger partial charge >= 0.3 is 0 Å². The van der Waals surface area contributed by atoms with E-state index in [1.807, 2.05) is 66.7 Å². The lowest BCUT2D eigenvalue weighted by Gasteiger charge is -2.10. The molecule has 0 aliphatic heterocycles. The van der Waals surface area contributed by atoms with Crippen molar-refractivity contribution in [1.82, 2.24) is 24.5 Å². The summed E-state index contributed by atoms with van der Waals surface area (Å²) >= 11 is 1.77. The Kier molecular flexibility index (Phi) is 7.00. The van der Waals surface area contributed by atoms with Gasteiger partial charge in [0.1, 0.15) is 5.52 Å². The summed E-state index contributed by atoms with van der Waals surface area (Å²) in [5.74, 6) is 2.48. The summed E-state index contributed by atoms with van der Waals surface area (Å²) in [5.41, 5.74) is 8.76. The average molecular weight is 748 g/mol. The van der Waals surface area contributed by atoms with Crippen molar-refractivity contribution in [2.75, 3.05) is 0 Å². The molecular weight excluding hydrogens is 719 g/mol.